The number of carbonyl (C=O) groups is 2. The van der Waals surface area contributed by atoms with E-state index in [1.54, 1.807) is 11.9 Å². The first-order chi connectivity index (χ1) is 14.6. The summed E-state index contributed by atoms with van der Waals surface area (Å²) in [6, 6.07) is 16.9. The van der Waals surface area contributed by atoms with Gasteiger partial charge in [-0.15, -0.1) is 0 Å². The Morgan fingerprint density at radius 2 is 1.63 bits per heavy atom. The minimum Gasteiger partial charge on any atom is -0.486 e. The largest absolute Gasteiger partial charge is 0.486 e. The van der Waals surface area contributed by atoms with Gasteiger partial charge in [-0.3, -0.25) is 14.5 Å². The molecule has 0 unspecified atom stereocenters. The highest BCUT2D eigenvalue weighted by Crippen LogP contribution is 2.30. The van der Waals surface area contributed by atoms with E-state index in [4.69, 9.17) is 9.47 Å². The molecule has 0 N–H and O–H groups in total. The van der Waals surface area contributed by atoms with E-state index in [0.717, 1.165) is 5.75 Å². The fraction of sp³-hybridized carbons (Fsp3) is 0.391. The van der Waals surface area contributed by atoms with Crippen LogP contribution in [0.15, 0.2) is 54.6 Å². The zero-order valence-electron chi connectivity index (χ0n) is 17.2. The van der Waals surface area contributed by atoms with E-state index in [1.165, 1.54) is 0 Å². The number of nitrogens with zero attached hydrogens (tertiary/aromatic N) is 3. The van der Waals surface area contributed by atoms with Crippen molar-refractivity contribution in [1.29, 1.82) is 0 Å². The summed E-state index contributed by atoms with van der Waals surface area (Å²) in [5, 5.41) is 0. The molecule has 0 aromatic heterocycles. The normalized spacial score (nSPS) is 18.7. The Hall–Kier alpha value is -3.06. The lowest BCUT2D eigenvalue weighted by Crippen LogP contribution is -2.52. The highest BCUT2D eigenvalue weighted by Gasteiger charge is 2.26. The number of carbonyl (C=O) groups excluding carboxylic acids is 2. The molecule has 4 rings (SSSR count). The minimum absolute atomic E-state index is 0.0419. The first kappa shape index (κ1) is 20.2. The van der Waals surface area contributed by atoms with Crippen LogP contribution < -0.4 is 9.47 Å². The van der Waals surface area contributed by atoms with Crippen LogP contribution in [0, 0.1) is 0 Å². The number of piperazine rings is 1. The predicted octanol–water partition coefficient (Wildman–Crippen LogP) is 1.74. The van der Waals surface area contributed by atoms with Gasteiger partial charge in [0.05, 0.1) is 13.1 Å². The molecule has 1 saturated heterocycles. The van der Waals surface area contributed by atoms with Crippen molar-refractivity contribution in [3.8, 4) is 11.5 Å². The molecule has 2 aromatic rings. The Morgan fingerprint density at radius 1 is 0.967 bits per heavy atom. The third-order valence-corrected chi connectivity index (χ3v) is 5.51. The molecule has 1 atom stereocenters. The second-order valence-corrected chi connectivity index (χ2v) is 7.71. The molecule has 158 valence electrons. The van der Waals surface area contributed by atoms with Gasteiger partial charge in [0, 0.05) is 38.8 Å². The summed E-state index contributed by atoms with van der Waals surface area (Å²) in [6.45, 7) is 3.87. The SMILES string of the molecule is CN(C[C@@H]1COc2ccccc2O1)C(=O)CN1CCN(C(=O)c2ccccc2)CC1. The predicted molar refractivity (Wildman–Crippen MR) is 113 cm³/mol. The molecule has 7 nitrogen and oxygen atoms in total. The van der Waals surface area contributed by atoms with E-state index in [9.17, 15) is 9.59 Å². The summed E-state index contributed by atoms with van der Waals surface area (Å²) in [5.41, 5.74) is 0.707. The number of benzene rings is 2. The van der Waals surface area contributed by atoms with Gasteiger partial charge in [0.15, 0.2) is 17.6 Å². The van der Waals surface area contributed by atoms with Gasteiger partial charge in [-0.1, -0.05) is 30.3 Å². The fourth-order valence-electron chi connectivity index (χ4n) is 3.74. The number of rotatable bonds is 5. The Labute approximate surface area is 176 Å². The highest BCUT2D eigenvalue weighted by molar-refractivity contribution is 5.94. The lowest BCUT2D eigenvalue weighted by Gasteiger charge is -2.35. The van der Waals surface area contributed by atoms with Crippen molar-refractivity contribution >= 4 is 11.8 Å². The molecule has 0 saturated carbocycles. The van der Waals surface area contributed by atoms with Gasteiger partial charge in [0.2, 0.25) is 5.91 Å². The van der Waals surface area contributed by atoms with E-state index < -0.39 is 0 Å². The summed E-state index contributed by atoms with van der Waals surface area (Å²) in [4.78, 5) is 30.9. The maximum atomic E-state index is 12.7. The first-order valence-electron chi connectivity index (χ1n) is 10.3. The van der Waals surface area contributed by atoms with Crippen molar-refractivity contribution in [2.45, 2.75) is 6.10 Å². The van der Waals surface area contributed by atoms with Crippen LogP contribution in [0.3, 0.4) is 0 Å². The molecule has 30 heavy (non-hydrogen) atoms. The van der Waals surface area contributed by atoms with Gasteiger partial charge in [0.1, 0.15) is 6.61 Å². The summed E-state index contributed by atoms with van der Waals surface area (Å²) in [6.07, 6.45) is -0.186. The molecule has 2 amide bonds. The molecular weight excluding hydrogens is 382 g/mol. The quantitative estimate of drug-likeness (QED) is 0.753. The molecule has 1 fully saturated rings. The van der Waals surface area contributed by atoms with Crippen LogP contribution in [-0.2, 0) is 4.79 Å². The summed E-state index contributed by atoms with van der Waals surface area (Å²) in [5.74, 6) is 1.55. The minimum atomic E-state index is -0.186. The monoisotopic (exact) mass is 409 g/mol. The van der Waals surface area contributed by atoms with Gasteiger partial charge in [-0.05, 0) is 24.3 Å². The van der Waals surface area contributed by atoms with Crippen LogP contribution in [0.5, 0.6) is 11.5 Å². The second-order valence-electron chi connectivity index (χ2n) is 7.71. The van der Waals surface area contributed by atoms with Crippen LogP contribution in [0.25, 0.3) is 0 Å². The zero-order chi connectivity index (χ0) is 20.9. The van der Waals surface area contributed by atoms with E-state index >= 15 is 0 Å². The topological polar surface area (TPSA) is 62.3 Å². The number of para-hydroxylation sites is 2. The Kier molecular flexibility index (Phi) is 6.18. The van der Waals surface area contributed by atoms with Gasteiger partial charge in [-0.2, -0.15) is 0 Å². The van der Waals surface area contributed by atoms with Crippen molar-refractivity contribution in [3.63, 3.8) is 0 Å². The highest BCUT2D eigenvalue weighted by atomic mass is 16.6. The number of hydrogen-bond acceptors (Lipinski definition) is 5. The average molecular weight is 409 g/mol. The molecule has 0 radical (unpaired) electrons. The Morgan fingerprint density at radius 3 is 2.37 bits per heavy atom. The van der Waals surface area contributed by atoms with Crippen LogP contribution in [0.1, 0.15) is 10.4 Å². The maximum absolute atomic E-state index is 12.7. The Balaban J connectivity index is 1.22. The van der Waals surface area contributed by atoms with Gasteiger partial charge >= 0.3 is 0 Å². The van der Waals surface area contributed by atoms with Crippen molar-refractivity contribution in [1.82, 2.24) is 14.7 Å². The molecule has 0 bridgehead atoms. The number of ether oxygens (including phenoxy) is 2. The standard InChI is InChI=1S/C23H27N3O4/c1-24(15-19-17-29-20-9-5-6-10-21(20)30-19)22(27)16-25-11-13-26(14-12-25)23(28)18-7-3-2-4-8-18/h2-10,19H,11-17H2,1H3/t19-/m1/s1. The number of amides is 2. The maximum Gasteiger partial charge on any atom is 0.253 e. The number of hydrogen-bond donors (Lipinski definition) is 0. The lowest BCUT2D eigenvalue weighted by molar-refractivity contribution is -0.132. The molecule has 2 heterocycles. The zero-order valence-corrected chi connectivity index (χ0v) is 17.2. The Bertz CT molecular complexity index is 881. The third-order valence-electron chi connectivity index (χ3n) is 5.51. The van der Waals surface area contributed by atoms with Crippen LogP contribution >= 0.6 is 0 Å². The molecule has 2 aliphatic rings. The fourth-order valence-corrected chi connectivity index (χ4v) is 3.74. The van der Waals surface area contributed by atoms with Crippen LogP contribution in [0.2, 0.25) is 0 Å². The molecule has 7 heteroatoms. The number of likely N-dealkylation sites (N-methyl/N-ethyl adjacent to an activating group) is 1. The van der Waals surface area contributed by atoms with E-state index in [2.05, 4.69) is 4.90 Å². The van der Waals surface area contributed by atoms with E-state index in [-0.39, 0.29) is 17.9 Å². The first-order valence-corrected chi connectivity index (χ1v) is 10.3. The average Bonchev–Trinajstić information content (AvgIpc) is 2.79. The van der Waals surface area contributed by atoms with E-state index in [0.29, 0.717) is 57.2 Å². The molecule has 0 spiro atoms. The molecule has 0 aliphatic carbocycles. The van der Waals surface area contributed by atoms with Crippen molar-refractivity contribution < 1.29 is 19.1 Å². The lowest BCUT2D eigenvalue weighted by atomic mass is 10.2. The van der Waals surface area contributed by atoms with Crippen molar-refractivity contribution in [3.05, 3.63) is 60.2 Å². The smallest absolute Gasteiger partial charge is 0.253 e. The van der Waals surface area contributed by atoms with Crippen LogP contribution in [0.4, 0.5) is 0 Å². The van der Waals surface area contributed by atoms with Gasteiger partial charge in [0.25, 0.3) is 5.91 Å². The van der Waals surface area contributed by atoms with Gasteiger partial charge in [-0.25, -0.2) is 0 Å². The van der Waals surface area contributed by atoms with Gasteiger partial charge < -0.3 is 19.3 Å². The molecule has 2 aromatic carbocycles. The van der Waals surface area contributed by atoms with Crippen LogP contribution in [-0.4, -0.2) is 85.5 Å². The molecular formula is C23H27N3O4. The third kappa shape index (κ3) is 4.74. The second kappa shape index (κ2) is 9.17. The summed E-state index contributed by atoms with van der Waals surface area (Å²) in [7, 11) is 1.79. The number of fused-ring (bicyclic) bond motifs is 1. The van der Waals surface area contributed by atoms with Crippen molar-refractivity contribution in [2.75, 3.05) is 52.9 Å². The summed E-state index contributed by atoms with van der Waals surface area (Å²) < 4.78 is 11.7. The van der Waals surface area contributed by atoms with Crippen molar-refractivity contribution in [2.24, 2.45) is 0 Å². The van der Waals surface area contributed by atoms with E-state index in [1.807, 2.05) is 59.5 Å². The summed E-state index contributed by atoms with van der Waals surface area (Å²) >= 11 is 0. The molecule has 2 aliphatic heterocycles.